The largest absolute Gasteiger partial charge is 0.379 e. The second-order valence-electron chi connectivity index (χ2n) is 5.57. The van der Waals surface area contributed by atoms with E-state index in [9.17, 15) is 4.79 Å². The lowest BCUT2D eigenvalue weighted by Crippen LogP contribution is -2.50. The van der Waals surface area contributed by atoms with Crippen molar-refractivity contribution in [3.63, 3.8) is 0 Å². The Morgan fingerprint density at radius 3 is 2.33 bits per heavy atom. The van der Waals surface area contributed by atoms with Gasteiger partial charge in [0.1, 0.15) is 0 Å². The molecule has 1 amide bonds. The maximum absolute atomic E-state index is 12.3. The van der Waals surface area contributed by atoms with Crippen LogP contribution in [-0.2, 0) is 4.74 Å². The lowest BCUT2D eigenvalue weighted by Gasteiger charge is -2.36. The van der Waals surface area contributed by atoms with Crippen LogP contribution in [0.1, 0.15) is 9.67 Å². The quantitative estimate of drug-likeness (QED) is 0.826. The van der Waals surface area contributed by atoms with Gasteiger partial charge in [-0.25, -0.2) is 0 Å². The van der Waals surface area contributed by atoms with E-state index in [4.69, 9.17) is 4.74 Å². The summed E-state index contributed by atoms with van der Waals surface area (Å²) in [5.41, 5.74) is 0. The standard InChI is InChI=1S/C15H23N3O2S/c19-15(14-2-1-13-21-14)18-7-5-16(6-8-18)3-4-17-9-11-20-12-10-17/h1-2,13H,3-12H2. The molecule has 6 heteroatoms. The molecule has 3 heterocycles. The van der Waals surface area contributed by atoms with Crippen LogP contribution in [-0.4, -0.2) is 86.2 Å². The summed E-state index contributed by atoms with van der Waals surface area (Å²) >= 11 is 1.53. The number of nitrogens with zero attached hydrogens (tertiary/aromatic N) is 3. The molecule has 116 valence electrons. The Hall–Kier alpha value is -0.950. The smallest absolute Gasteiger partial charge is 0.264 e. The van der Waals surface area contributed by atoms with Crippen molar-refractivity contribution in [2.75, 3.05) is 65.6 Å². The highest BCUT2D eigenvalue weighted by molar-refractivity contribution is 7.12. The Bertz CT molecular complexity index is 438. The van der Waals surface area contributed by atoms with Crippen LogP contribution in [0.15, 0.2) is 17.5 Å². The molecule has 2 saturated heterocycles. The Balaban J connectivity index is 1.39. The summed E-state index contributed by atoms with van der Waals surface area (Å²) in [7, 11) is 0. The van der Waals surface area contributed by atoms with Gasteiger partial charge in [0.05, 0.1) is 18.1 Å². The summed E-state index contributed by atoms with van der Waals surface area (Å²) < 4.78 is 5.37. The van der Waals surface area contributed by atoms with Gasteiger partial charge in [-0.3, -0.25) is 14.6 Å². The minimum atomic E-state index is 0.192. The van der Waals surface area contributed by atoms with E-state index in [0.717, 1.165) is 70.4 Å². The predicted octanol–water partition coefficient (Wildman–Crippen LogP) is 0.838. The molecule has 2 aliphatic heterocycles. The fourth-order valence-corrected chi connectivity index (χ4v) is 3.53. The molecule has 21 heavy (non-hydrogen) atoms. The van der Waals surface area contributed by atoms with Gasteiger partial charge in [-0.15, -0.1) is 11.3 Å². The monoisotopic (exact) mass is 309 g/mol. The third-order valence-electron chi connectivity index (χ3n) is 4.23. The molecule has 1 aromatic rings. The number of rotatable bonds is 4. The van der Waals surface area contributed by atoms with Crippen LogP contribution < -0.4 is 0 Å². The van der Waals surface area contributed by atoms with Gasteiger partial charge in [-0.1, -0.05) is 6.07 Å². The minimum absolute atomic E-state index is 0.192. The zero-order valence-corrected chi connectivity index (χ0v) is 13.2. The Labute approximate surface area is 130 Å². The average molecular weight is 309 g/mol. The van der Waals surface area contributed by atoms with Gasteiger partial charge in [-0.2, -0.15) is 0 Å². The first-order chi connectivity index (χ1) is 10.3. The van der Waals surface area contributed by atoms with Gasteiger partial charge in [0.15, 0.2) is 0 Å². The first-order valence-corrected chi connectivity index (χ1v) is 8.56. The highest BCUT2D eigenvalue weighted by Gasteiger charge is 2.23. The molecule has 0 bridgehead atoms. The van der Waals surface area contributed by atoms with E-state index in [0.29, 0.717) is 0 Å². The van der Waals surface area contributed by atoms with Gasteiger partial charge in [0.2, 0.25) is 0 Å². The van der Waals surface area contributed by atoms with Crippen LogP contribution in [0.5, 0.6) is 0 Å². The van der Waals surface area contributed by atoms with Crippen molar-refractivity contribution in [2.24, 2.45) is 0 Å². The van der Waals surface area contributed by atoms with E-state index in [-0.39, 0.29) is 5.91 Å². The minimum Gasteiger partial charge on any atom is -0.379 e. The molecule has 0 aromatic carbocycles. The maximum atomic E-state index is 12.3. The topological polar surface area (TPSA) is 36.0 Å². The van der Waals surface area contributed by atoms with E-state index in [1.54, 1.807) is 0 Å². The molecule has 2 fully saturated rings. The van der Waals surface area contributed by atoms with Crippen molar-refractivity contribution in [3.05, 3.63) is 22.4 Å². The summed E-state index contributed by atoms with van der Waals surface area (Å²) in [4.78, 5) is 20.0. The van der Waals surface area contributed by atoms with Gasteiger partial charge in [0.25, 0.3) is 5.91 Å². The zero-order chi connectivity index (χ0) is 14.5. The molecule has 0 spiro atoms. The molecular formula is C15H23N3O2S. The Kier molecular flexibility index (Phi) is 5.24. The number of hydrogen-bond donors (Lipinski definition) is 0. The van der Waals surface area contributed by atoms with Gasteiger partial charge in [0, 0.05) is 52.4 Å². The van der Waals surface area contributed by atoms with Crippen LogP contribution in [0.2, 0.25) is 0 Å². The number of thiophene rings is 1. The van der Waals surface area contributed by atoms with Crippen molar-refractivity contribution in [3.8, 4) is 0 Å². The molecule has 0 radical (unpaired) electrons. The highest BCUT2D eigenvalue weighted by atomic mass is 32.1. The number of piperazine rings is 1. The van der Waals surface area contributed by atoms with E-state index in [2.05, 4.69) is 9.80 Å². The predicted molar refractivity (Wildman–Crippen MR) is 83.9 cm³/mol. The van der Waals surface area contributed by atoms with Crippen molar-refractivity contribution in [1.82, 2.24) is 14.7 Å². The maximum Gasteiger partial charge on any atom is 0.264 e. The number of hydrogen-bond acceptors (Lipinski definition) is 5. The molecule has 2 aliphatic rings. The van der Waals surface area contributed by atoms with Gasteiger partial charge in [-0.05, 0) is 11.4 Å². The van der Waals surface area contributed by atoms with Crippen LogP contribution in [0, 0.1) is 0 Å². The van der Waals surface area contributed by atoms with Crippen molar-refractivity contribution in [1.29, 1.82) is 0 Å². The fourth-order valence-electron chi connectivity index (χ4n) is 2.84. The van der Waals surface area contributed by atoms with Gasteiger partial charge >= 0.3 is 0 Å². The number of morpholine rings is 1. The van der Waals surface area contributed by atoms with Crippen molar-refractivity contribution in [2.45, 2.75) is 0 Å². The molecule has 3 rings (SSSR count). The molecular weight excluding hydrogens is 286 g/mol. The number of carbonyl (C=O) groups is 1. The lowest BCUT2D eigenvalue weighted by atomic mass is 10.3. The SMILES string of the molecule is O=C(c1cccs1)N1CCN(CCN2CCOCC2)CC1. The summed E-state index contributed by atoms with van der Waals surface area (Å²) in [5, 5.41) is 1.96. The molecule has 1 aromatic heterocycles. The fraction of sp³-hybridized carbons (Fsp3) is 0.667. The summed E-state index contributed by atoms with van der Waals surface area (Å²) in [6.45, 7) is 9.71. The van der Waals surface area contributed by atoms with Crippen LogP contribution in [0.3, 0.4) is 0 Å². The summed E-state index contributed by atoms with van der Waals surface area (Å²) in [5.74, 6) is 0.192. The third kappa shape index (κ3) is 4.03. The Morgan fingerprint density at radius 1 is 1.05 bits per heavy atom. The molecule has 0 saturated carbocycles. The van der Waals surface area contributed by atoms with Crippen molar-refractivity contribution >= 4 is 17.2 Å². The van der Waals surface area contributed by atoms with Gasteiger partial charge < -0.3 is 9.64 Å². The molecule has 0 unspecified atom stereocenters. The molecule has 0 N–H and O–H groups in total. The highest BCUT2D eigenvalue weighted by Crippen LogP contribution is 2.13. The van der Waals surface area contributed by atoms with Crippen LogP contribution in [0.4, 0.5) is 0 Å². The number of carbonyl (C=O) groups excluding carboxylic acids is 1. The summed E-state index contributed by atoms with van der Waals surface area (Å²) in [6, 6.07) is 3.86. The van der Waals surface area contributed by atoms with Crippen LogP contribution >= 0.6 is 11.3 Å². The van der Waals surface area contributed by atoms with E-state index in [1.807, 2.05) is 22.4 Å². The summed E-state index contributed by atoms with van der Waals surface area (Å²) in [6.07, 6.45) is 0. The second-order valence-corrected chi connectivity index (χ2v) is 6.51. The number of amides is 1. The second kappa shape index (κ2) is 7.35. The first-order valence-electron chi connectivity index (χ1n) is 7.68. The van der Waals surface area contributed by atoms with Crippen molar-refractivity contribution < 1.29 is 9.53 Å². The average Bonchev–Trinajstić information content (AvgIpc) is 3.08. The van der Waals surface area contributed by atoms with E-state index in [1.165, 1.54) is 11.3 Å². The normalized spacial score (nSPS) is 21.6. The first kappa shape index (κ1) is 15.0. The van der Waals surface area contributed by atoms with Crippen LogP contribution in [0.25, 0.3) is 0 Å². The van der Waals surface area contributed by atoms with E-state index >= 15 is 0 Å². The molecule has 5 nitrogen and oxygen atoms in total. The molecule has 0 atom stereocenters. The number of ether oxygens (including phenoxy) is 1. The third-order valence-corrected chi connectivity index (χ3v) is 5.09. The van der Waals surface area contributed by atoms with E-state index < -0.39 is 0 Å². The zero-order valence-electron chi connectivity index (χ0n) is 12.4. The lowest BCUT2D eigenvalue weighted by molar-refractivity contribution is 0.0294. The Morgan fingerprint density at radius 2 is 1.71 bits per heavy atom. The molecule has 0 aliphatic carbocycles.